The summed E-state index contributed by atoms with van der Waals surface area (Å²) >= 11 is 0. The second-order valence-corrected chi connectivity index (χ2v) is 8.01. The largest absolute Gasteiger partial charge is 0.395 e. The Morgan fingerprint density at radius 1 is 1.11 bits per heavy atom. The molecule has 148 valence electrons. The summed E-state index contributed by atoms with van der Waals surface area (Å²) in [7, 11) is 0. The Bertz CT molecular complexity index is 762. The molecule has 2 heterocycles. The van der Waals surface area contributed by atoms with Gasteiger partial charge in [-0.15, -0.1) is 0 Å². The first-order valence-corrected chi connectivity index (χ1v) is 10.4. The number of benzene rings is 1. The van der Waals surface area contributed by atoms with Gasteiger partial charge in [-0.1, -0.05) is 49.2 Å². The van der Waals surface area contributed by atoms with Crippen molar-refractivity contribution in [1.82, 2.24) is 15.2 Å². The van der Waals surface area contributed by atoms with Gasteiger partial charge in [-0.25, -0.2) is 0 Å². The van der Waals surface area contributed by atoms with Gasteiger partial charge in [0.2, 0.25) is 5.91 Å². The SMILES string of the molecule is O=C(NC[C@@H]1[C@@H](c2ccccc2)[C@@H](CO)N1Cc1cccnc1)C1CCCC1. The number of amides is 1. The van der Waals surface area contributed by atoms with Crippen LogP contribution in [0.5, 0.6) is 0 Å². The van der Waals surface area contributed by atoms with Gasteiger partial charge < -0.3 is 10.4 Å². The minimum atomic E-state index is 0.0518. The first-order valence-electron chi connectivity index (χ1n) is 10.4. The van der Waals surface area contributed by atoms with Crippen LogP contribution in [0.25, 0.3) is 0 Å². The van der Waals surface area contributed by atoms with Crippen molar-refractivity contribution in [3.05, 3.63) is 66.0 Å². The van der Waals surface area contributed by atoms with Gasteiger partial charge in [0.1, 0.15) is 0 Å². The zero-order valence-corrected chi connectivity index (χ0v) is 16.2. The fourth-order valence-corrected chi connectivity index (χ4v) is 4.87. The molecule has 28 heavy (non-hydrogen) atoms. The number of aliphatic hydroxyl groups excluding tert-OH is 1. The summed E-state index contributed by atoms with van der Waals surface area (Å²) in [4.78, 5) is 19.1. The van der Waals surface area contributed by atoms with Crippen LogP contribution in [0, 0.1) is 5.92 Å². The van der Waals surface area contributed by atoms with Crippen molar-refractivity contribution in [3.63, 3.8) is 0 Å². The van der Waals surface area contributed by atoms with Crippen molar-refractivity contribution in [1.29, 1.82) is 0 Å². The highest BCUT2D eigenvalue weighted by Gasteiger charge is 2.48. The number of nitrogens with zero attached hydrogens (tertiary/aromatic N) is 2. The summed E-state index contributed by atoms with van der Waals surface area (Å²) in [6.45, 7) is 1.45. The van der Waals surface area contributed by atoms with Gasteiger partial charge in [0.25, 0.3) is 0 Å². The molecule has 3 atom stereocenters. The van der Waals surface area contributed by atoms with Crippen molar-refractivity contribution in [2.75, 3.05) is 13.2 Å². The van der Waals surface area contributed by atoms with Crippen LogP contribution >= 0.6 is 0 Å². The molecule has 2 N–H and O–H groups in total. The van der Waals surface area contributed by atoms with Crippen molar-refractivity contribution in [2.45, 2.75) is 50.2 Å². The highest BCUT2D eigenvalue weighted by atomic mass is 16.3. The van der Waals surface area contributed by atoms with E-state index in [0.29, 0.717) is 6.54 Å². The zero-order valence-electron chi connectivity index (χ0n) is 16.2. The molecule has 1 aliphatic carbocycles. The number of carbonyl (C=O) groups is 1. The Balaban J connectivity index is 1.50. The molecule has 1 saturated carbocycles. The second kappa shape index (κ2) is 8.84. The molecule has 5 nitrogen and oxygen atoms in total. The van der Waals surface area contributed by atoms with Gasteiger partial charge in [0.15, 0.2) is 0 Å². The summed E-state index contributed by atoms with van der Waals surface area (Å²) in [5.74, 6) is 0.584. The minimum Gasteiger partial charge on any atom is -0.395 e. The first kappa shape index (κ1) is 19.1. The van der Waals surface area contributed by atoms with Crippen LogP contribution in [-0.4, -0.2) is 46.1 Å². The molecule has 0 spiro atoms. The molecule has 0 bridgehead atoms. The number of carbonyl (C=O) groups excluding carboxylic acids is 1. The normalized spacial score (nSPS) is 25.4. The lowest BCUT2D eigenvalue weighted by Gasteiger charge is -2.55. The van der Waals surface area contributed by atoms with Crippen molar-refractivity contribution in [2.24, 2.45) is 5.92 Å². The van der Waals surface area contributed by atoms with Gasteiger partial charge in [0.05, 0.1) is 6.61 Å². The molecule has 1 amide bonds. The van der Waals surface area contributed by atoms with E-state index in [-0.39, 0.29) is 36.4 Å². The van der Waals surface area contributed by atoms with E-state index >= 15 is 0 Å². The van der Waals surface area contributed by atoms with Crippen LogP contribution < -0.4 is 5.32 Å². The lowest BCUT2D eigenvalue weighted by Crippen LogP contribution is -2.66. The number of nitrogens with one attached hydrogen (secondary N) is 1. The molecule has 2 aromatic rings. The van der Waals surface area contributed by atoms with E-state index in [1.165, 1.54) is 5.56 Å². The Morgan fingerprint density at radius 2 is 1.89 bits per heavy atom. The molecule has 2 fully saturated rings. The molecule has 4 rings (SSSR count). The lowest BCUT2D eigenvalue weighted by molar-refractivity contribution is -0.126. The Labute approximate surface area is 166 Å². The quantitative estimate of drug-likeness (QED) is 0.776. The molecule has 0 radical (unpaired) electrons. The fraction of sp³-hybridized carbons (Fsp3) is 0.478. The summed E-state index contributed by atoms with van der Waals surface area (Å²) in [6.07, 6.45) is 7.99. The monoisotopic (exact) mass is 379 g/mol. The van der Waals surface area contributed by atoms with Gasteiger partial charge in [-0.2, -0.15) is 0 Å². The van der Waals surface area contributed by atoms with E-state index in [0.717, 1.165) is 37.8 Å². The van der Waals surface area contributed by atoms with E-state index in [9.17, 15) is 9.90 Å². The molecular weight excluding hydrogens is 350 g/mol. The smallest absolute Gasteiger partial charge is 0.223 e. The Kier molecular flexibility index (Phi) is 6.03. The topological polar surface area (TPSA) is 65.5 Å². The molecule has 0 unspecified atom stereocenters. The number of aromatic nitrogens is 1. The maximum atomic E-state index is 12.6. The van der Waals surface area contributed by atoms with Crippen LogP contribution in [0.1, 0.15) is 42.7 Å². The highest BCUT2D eigenvalue weighted by Crippen LogP contribution is 2.41. The number of rotatable bonds is 7. The summed E-state index contributed by atoms with van der Waals surface area (Å²) in [5.41, 5.74) is 2.35. The van der Waals surface area contributed by atoms with E-state index in [1.807, 2.05) is 30.5 Å². The summed E-state index contributed by atoms with van der Waals surface area (Å²) < 4.78 is 0. The maximum Gasteiger partial charge on any atom is 0.223 e. The predicted molar refractivity (Wildman–Crippen MR) is 109 cm³/mol. The number of likely N-dealkylation sites (tertiary alicyclic amines) is 1. The molecule has 1 aromatic carbocycles. The number of aliphatic hydroxyl groups is 1. The molecule has 1 aliphatic heterocycles. The molecular formula is C23H29N3O2. The average Bonchev–Trinajstić information content (AvgIpc) is 3.27. The van der Waals surface area contributed by atoms with Crippen molar-refractivity contribution < 1.29 is 9.90 Å². The number of hydrogen-bond acceptors (Lipinski definition) is 4. The lowest BCUT2D eigenvalue weighted by atomic mass is 9.74. The highest BCUT2D eigenvalue weighted by molar-refractivity contribution is 5.78. The summed E-state index contributed by atoms with van der Waals surface area (Å²) in [6, 6.07) is 14.6. The molecule has 2 aliphatic rings. The average molecular weight is 380 g/mol. The second-order valence-electron chi connectivity index (χ2n) is 8.01. The summed E-state index contributed by atoms with van der Waals surface area (Å²) in [5, 5.41) is 13.3. The third-order valence-corrected chi connectivity index (χ3v) is 6.35. The van der Waals surface area contributed by atoms with Crippen LogP contribution in [0.3, 0.4) is 0 Å². The van der Waals surface area contributed by atoms with E-state index in [1.54, 1.807) is 6.20 Å². The van der Waals surface area contributed by atoms with Gasteiger partial charge in [0, 0.05) is 49.4 Å². The van der Waals surface area contributed by atoms with Crippen molar-refractivity contribution >= 4 is 5.91 Å². The molecule has 5 heteroatoms. The maximum absolute atomic E-state index is 12.6. The van der Waals surface area contributed by atoms with Gasteiger partial charge >= 0.3 is 0 Å². The fourth-order valence-electron chi connectivity index (χ4n) is 4.87. The zero-order chi connectivity index (χ0) is 19.3. The Hall–Kier alpha value is -2.24. The molecule has 1 aromatic heterocycles. The van der Waals surface area contributed by atoms with E-state index in [4.69, 9.17) is 0 Å². The van der Waals surface area contributed by atoms with E-state index in [2.05, 4.69) is 33.4 Å². The number of hydrogen-bond donors (Lipinski definition) is 2. The van der Waals surface area contributed by atoms with Crippen LogP contribution in [0.4, 0.5) is 0 Å². The molecule has 1 saturated heterocycles. The van der Waals surface area contributed by atoms with Gasteiger partial charge in [-0.3, -0.25) is 14.7 Å². The standard InChI is InChI=1S/C23H29N3O2/c27-16-21-22(18-8-2-1-3-9-18)20(14-25-23(28)19-10-4-5-11-19)26(21)15-17-7-6-12-24-13-17/h1-3,6-9,12-13,19-22,27H,4-5,10-11,14-16H2,(H,25,28)/t20-,21-,22-/m1/s1. The first-order chi connectivity index (χ1) is 13.8. The minimum absolute atomic E-state index is 0.0518. The van der Waals surface area contributed by atoms with Crippen LogP contribution in [0.15, 0.2) is 54.9 Å². The predicted octanol–water partition coefficient (Wildman–Crippen LogP) is 2.72. The third-order valence-electron chi connectivity index (χ3n) is 6.35. The van der Waals surface area contributed by atoms with Crippen LogP contribution in [0.2, 0.25) is 0 Å². The van der Waals surface area contributed by atoms with Crippen LogP contribution in [-0.2, 0) is 11.3 Å². The number of pyridine rings is 1. The van der Waals surface area contributed by atoms with Gasteiger partial charge in [-0.05, 0) is 30.0 Å². The Morgan fingerprint density at radius 3 is 2.57 bits per heavy atom. The van der Waals surface area contributed by atoms with E-state index < -0.39 is 0 Å². The van der Waals surface area contributed by atoms with Crippen molar-refractivity contribution in [3.8, 4) is 0 Å². The third kappa shape index (κ3) is 3.96.